The Balaban J connectivity index is 1.82. The zero-order chi connectivity index (χ0) is 36.7. The topological polar surface area (TPSA) is 44.8 Å². The van der Waals surface area contributed by atoms with Gasteiger partial charge in [-0.05, 0) is 89.9 Å². The van der Waals surface area contributed by atoms with E-state index >= 15 is 0 Å². The van der Waals surface area contributed by atoms with E-state index in [9.17, 15) is 4.79 Å². The summed E-state index contributed by atoms with van der Waals surface area (Å²) in [5, 5.41) is 2.29. The lowest BCUT2D eigenvalue weighted by Gasteiger charge is -2.35. The Bertz CT molecular complexity index is 1450. The summed E-state index contributed by atoms with van der Waals surface area (Å²) in [4.78, 5) is 13.4. The number of methoxy groups -OCH3 is 1. The van der Waals surface area contributed by atoms with E-state index in [0.29, 0.717) is 13.0 Å². The summed E-state index contributed by atoms with van der Waals surface area (Å²) in [7, 11) is -0.326. The van der Waals surface area contributed by atoms with Gasteiger partial charge in [0.2, 0.25) is 0 Å². The molecule has 0 saturated carbocycles. The van der Waals surface area contributed by atoms with E-state index in [2.05, 4.69) is 89.3 Å². The first-order chi connectivity index (χ1) is 23.9. The number of benzene rings is 2. The summed E-state index contributed by atoms with van der Waals surface area (Å²) in [5.41, 5.74) is 0.768. The Labute approximate surface area is 307 Å². The molecule has 0 aliphatic rings. The lowest BCUT2D eigenvalue weighted by atomic mass is 10.0. The maximum absolute atomic E-state index is 13.4. The molecule has 0 radical (unpaired) electrons. The predicted octanol–water partition coefficient (Wildman–Crippen LogP) is 12.0. The molecule has 5 heteroatoms. The highest BCUT2D eigenvalue weighted by atomic mass is 28.4. The summed E-state index contributed by atoms with van der Waals surface area (Å²) in [6.45, 7) is 16.0. The van der Waals surface area contributed by atoms with E-state index in [0.717, 1.165) is 47.9 Å². The van der Waals surface area contributed by atoms with E-state index in [4.69, 9.17) is 13.9 Å². The van der Waals surface area contributed by atoms with Crippen molar-refractivity contribution in [1.82, 2.24) is 0 Å². The number of carbonyl (C=O) groups excluding carboxylic acids is 1. The molecule has 0 N–H and O–H groups in total. The van der Waals surface area contributed by atoms with Gasteiger partial charge in [0, 0.05) is 20.0 Å². The lowest BCUT2D eigenvalue weighted by Crippen LogP contribution is -2.40. The van der Waals surface area contributed by atoms with Crippen LogP contribution in [0.15, 0.2) is 42.5 Å². The molecule has 0 aliphatic heterocycles. The maximum atomic E-state index is 13.4. The minimum absolute atomic E-state index is 0.128. The fourth-order valence-corrected chi connectivity index (χ4v) is 6.32. The summed E-state index contributed by atoms with van der Waals surface area (Å²) < 4.78 is 17.7. The van der Waals surface area contributed by atoms with Crippen molar-refractivity contribution < 1.29 is 18.7 Å². The highest BCUT2D eigenvalue weighted by Gasteiger charge is 2.36. The second-order valence-corrected chi connectivity index (χ2v) is 20.3. The van der Waals surface area contributed by atoms with Crippen LogP contribution in [0.1, 0.15) is 143 Å². The van der Waals surface area contributed by atoms with Gasteiger partial charge in [0.25, 0.3) is 0 Å². The minimum Gasteiger partial charge on any atom is -0.447 e. The molecule has 0 amide bonds. The van der Waals surface area contributed by atoms with Crippen molar-refractivity contribution in [2.45, 2.75) is 161 Å². The Morgan fingerprint density at radius 2 is 1.32 bits per heavy atom. The number of hydrogen-bond acceptors (Lipinski definition) is 4. The summed E-state index contributed by atoms with van der Waals surface area (Å²) >= 11 is 0. The third kappa shape index (κ3) is 17.8. The average Bonchev–Trinajstić information content (AvgIpc) is 3.07. The van der Waals surface area contributed by atoms with Gasteiger partial charge < -0.3 is 13.9 Å². The van der Waals surface area contributed by atoms with Gasteiger partial charge in [-0.25, -0.2) is 4.79 Å². The standard InChI is InChI=1S/C45H66O4Si/c1-38(2)29-23-20-18-16-14-12-10-9-11-13-15-17-19-21-24-32-42(33-25-22-28-36-48-50(7,8)45(3,4)5)49-44(46)43(47-6)41-35-34-39-30-26-27-31-40(39)37-41/h26-27,30-31,34-35,37-38,42-43H,9,11,13-21,23-24,29,32,36H2,1-8H3/t42-,43-/m1/s1. The van der Waals surface area contributed by atoms with E-state index in [1.165, 1.54) is 64.2 Å². The molecule has 0 fully saturated rings. The lowest BCUT2D eigenvalue weighted by molar-refractivity contribution is -0.159. The first-order valence-corrected chi connectivity index (χ1v) is 22.2. The minimum atomic E-state index is -1.87. The molecule has 0 spiro atoms. The Morgan fingerprint density at radius 3 is 1.92 bits per heavy atom. The van der Waals surface area contributed by atoms with Crippen molar-refractivity contribution in [2.24, 2.45) is 5.92 Å². The zero-order valence-electron chi connectivity index (χ0n) is 32.7. The van der Waals surface area contributed by atoms with Crippen LogP contribution in [0.25, 0.3) is 10.8 Å². The molecule has 0 saturated heterocycles. The van der Waals surface area contributed by atoms with Gasteiger partial charge >= 0.3 is 5.97 Å². The van der Waals surface area contributed by atoms with Crippen molar-refractivity contribution in [1.29, 1.82) is 0 Å². The second-order valence-electron chi connectivity index (χ2n) is 15.5. The van der Waals surface area contributed by atoms with E-state index in [1.807, 2.05) is 36.4 Å². The molecule has 2 aromatic carbocycles. The molecule has 0 aliphatic carbocycles. The van der Waals surface area contributed by atoms with Gasteiger partial charge in [0.1, 0.15) is 0 Å². The van der Waals surface area contributed by atoms with Gasteiger partial charge in [-0.1, -0.05) is 135 Å². The molecule has 274 valence electrons. The second kappa shape index (κ2) is 24.2. The molecule has 0 aromatic heterocycles. The van der Waals surface area contributed by atoms with Crippen LogP contribution < -0.4 is 0 Å². The van der Waals surface area contributed by atoms with Crippen LogP contribution >= 0.6 is 0 Å². The summed E-state index contributed by atoms with van der Waals surface area (Å²) in [6.07, 6.45) is 16.1. The Morgan fingerprint density at radius 1 is 0.740 bits per heavy atom. The van der Waals surface area contributed by atoms with Crippen molar-refractivity contribution in [3.63, 3.8) is 0 Å². The summed E-state index contributed by atoms with van der Waals surface area (Å²) in [5.74, 6) is 19.2. The van der Waals surface area contributed by atoms with Gasteiger partial charge in [-0.15, -0.1) is 11.8 Å². The van der Waals surface area contributed by atoms with E-state index in [1.54, 1.807) is 7.11 Å². The molecule has 2 aromatic rings. The number of hydrogen-bond donors (Lipinski definition) is 0. The molecule has 2 atom stereocenters. The fourth-order valence-electron chi connectivity index (χ4n) is 5.46. The van der Waals surface area contributed by atoms with E-state index in [-0.39, 0.29) is 5.04 Å². The quantitative estimate of drug-likeness (QED) is 0.0563. The molecular formula is C45H66O4Si. The van der Waals surface area contributed by atoms with Gasteiger partial charge in [0.05, 0.1) is 6.61 Å². The first-order valence-electron chi connectivity index (χ1n) is 19.2. The molecule has 0 bridgehead atoms. The molecule has 50 heavy (non-hydrogen) atoms. The predicted molar refractivity (Wildman–Crippen MR) is 214 cm³/mol. The molecule has 0 heterocycles. The number of carbonyl (C=O) groups is 1. The van der Waals surface area contributed by atoms with Crippen molar-refractivity contribution >= 4 is 25.1 Å². The maximum Gasteiger partial charge on any atom is 0.341 e. The largest absolute Gasteiger partial charge is 0.447 e. The van der Waals surface area contributed by atoms with Crippen LogP contribution in [0.4, 0.5) is 0 Å². The normalized spacial score (nSPS) is 12.7. The van der Waals surface area contributed by atoms with Crippen LogP contribution in [0.3, 0.4) is 0 Å². The third-order valence-electron chi connectivity index (χ3n) is 9.71. The van der Waals surface area contributed by atoms with E-state index < -0.39 is 26.5 Å². The number of fused-ring (bicyclic) bond motifs is 1. The van der Waals surface area contributed by atoms with Gasteiger partial charge in [0.15, 0.2) is 20.5 Å². The van der Waals surface area contributed by atoms with Crippen LogP contribution in [-0.4, -0.2) is 34.1 Å². The van der Waals surface area contributed by atoms with Crippen molar-refractivity contribution in [3.8, 4) is 35.5 Å². The number of esters is 1. The highest BCUT2D eigenvalue weighted by molar-refractivity contribution is 6.74. The number of ether oxygens (including phenoxy) is 2. The van der Waals surface area contributed by atoms with Crippen LogP contribution in [0.5, 0.6) is 0 Å². The number of rotatable bonds is 21. The molecular weight excluding hydrogens is 633 g/mol. The fraction of sp³-hybridized carbons (Fsp3) is 0.622. The molecule has 4 nitrogen and oxygen atoms in total. The highest BCUT2D eigenvalue weighted by Crippen LogP contribution is 2.36. The smallest absolute Gasteiger partial charge is 0.341 e. The van der Waals surface area contributed by atoms with Crippen LogP contribution in [0, 0.1) is 41.4 Å². The Hall–Kier alpha value is -3.01. The van der Waals surface area contributed by atoms with Gasteiger partial charge in [-0.3, -0.25) is 0 Å². The summed E-state index contributed by atoms with van der Waals surface area (Å²) in [6, 6.07) is 14.0. The monoisotopic (exact) mass is 698 g/mol. The van der Waals surface area contributed by atoms with Crippen molar-refractivity contribution in [3.05, 3.63) is 48.0 Å². The molecule has 0 unspecified atom stereocenters. The average molecular weight is 699 g/mol. The Kier molecular flexibility index (Phi) is 20.9. The van der Waals surface area contributed by atoms with Crippen LogP contribution in [0.2, 0.25) is 18.1 Å². The SMILES string of the molecule is CO[C@@H](C(=O)O[C@@H](C#CC#CCO[Si](C)(C)C(C)(C)C)CCCCCCCCCC#CCCCCCCC(C)C)c1ccc2ccccc2c1. The van der Waals surface area contributed by atoms with Gasteiger partial charge in [-0.2, -0.15) is 0 Å². The first kappa shape index (κ1) is 43.2. The van der Waals surface area contributed by atoms with Crippen molar-refractivity contribution in [2.75, 3.05) is 13.7 Å². The molecule has 2 rings (SSSR count). The third-order valence-corrected chi connectivity index (χ3v) is 14.2. The zero-order valence-corrected chi connectivity index (χ0v) is 33.7. The van der Waals surface area contributed by atoms with Crippen LogP contribution in [-0.2, 0) is 18.7 Å². The number of unbranched alkanes of at least 4 members (excludes halogenated alkanes) is 11.